The molecule has 2 nitrogen and oxygen atoms in total. The minimum atomic E-state index is -0.163. The summed E-state index contributed by atoms with van der Waals surface area (Å²) in [7, 11) is 0. The number of rotatable bonds is 1. The summed E-state index contributed by atoms with van der Waals surface area (Å²) in [5, 5.41) is 0. The topological polar surface area (TPSA) is 26.3 Å². The van der Waals surface area contributed by atoms with Gasteiger partial charge in [0.05, 0.1) is 0 Å². The molecule has 2 unspecified atom stereocenters. The van der Waals surface area contributed by atoms with E-state index in [1.165, 1.54) is 0 Å². The van der Waals surface area contributed by atoms with E-state index in [1.807, 2.05) is 19.9 Å². The van der Waals surface area contributed by atoms with Gasteiger partial charge in [0.15, 0.2) is 0 Å². The van der Waals surface area contributed by atoms with Crippen molar-refractivity contribution in [1.29, 1.82) is 0 Å². The molecule has 2 atom stereocenters. The van der Waals surface area contributed by atoms with E-state index in [4.69, 9.17) is 4.74 Å². The Morgan fingerprint density at radius 1 is 1.82 bits per heavy atom. The van der Waals surface area contributed by atoms with E-state index < -0.39 is 0 Å². The van der Waals surface area contributed by atoms with Crippen LogP contribution in [0.3, 0.4) is 0 Å². The van der Waals surface area contributed by atoms with Crippen LogP contribution in [0.15, 0.2) is 11.6 Å². The van der Waals surface area contributed by atoms with Crippen LogP contribution < -0.4 is 0 Å². The third-order valence-electron chi connectivity index (χ3n) is 1.51. The highest BCUT2D eigenvalue weighted by atomic mass is 79.9. The lowest BCUT2D eigenvalue weighted by Gasteiger charge is -1.94. The fraction of sp³-hybridized carbons (Fsp3) is 0.625. The second kappa shape index (κ2) is 3.39. The number of hydrogen-bond donors (Lipinski definition) is 0. The summed E-state index contributed by atoms with van der Waals surface area (Å²) in [4.78, 5) is 11.3. The molecular weight excluding hydrogens is 208 g/mol. The molecule has 0 aromatic rings. The van der Waals surface area contributed by atoms with E-state index in [1.54, 1.807) is 0 Å². The first-order valence-electron chi connectivity index (χ1n) is 3.65. The highest BCUT2D eigenvalue weighted by Crippen LogP contribution is 2.21. The van der Waals surface area contributed by atoms with Crippen molar-refractivity contribution in [3.8, 4) is 0 Å². The zero-order valence-corrected chi connectivity index (χ0v) is 8.22. The molecular formula is C8H11BrO2. The van der Waals surface area contributed by atoms with Crippen molar-refractivity contribution in [2.45, 2.75) is 31.2 Å². The number of allylic oxidation sites excluding steroid dienone is 1. The van der Waals surface area contributed by atoms with E-state index in [-0.39, 0.29) is 16.9 Å². The van der Waals surface area contributed by atoms with Crippen molar-refractivity contribution >= 4 is 21.9 Å². The average molecular weight is 219 g/mol. The number of halogens is 1. The Hall–Kier alpha value is -0.310. The highest BCUT2D eigenvalue weighted by molar-refractivity contribution is 9.09. The molecule has 0 spiro atoms. The molecule has 1 rings (SSSR count). The Balaban J connectivity index is 2.67. The SMILES string of the molecule is CC(Br)/C=C1\CC(C)OC1=O. The molecule has 0 N–H and O–H groups in total. The maximum atomic E-state index is 11.0. The lowest BCUT2D eigenvalue weighted by molar-refractivity contribution is -0.138. The molecule has 0 saturated carbocycles. The second-order valence-corrected chi connectivity index (χ2v) is 4.23. The van der Waals surface area contributed by atoms with Crippen LogP contribution in [0.4, 0.5) is 0 Å². The van der Waals surface area contributed by atoms with Gasteiger partial charge in [-0.2, -0.15) is 0 Å². The lowest BCUT2D eigenvalue weighted by Crippen LogP contribution is -2.00. The maximum Gasteiger partial charge on any atom is 0.334 e. The van der Waals surface area contributed by atoms with Crippen LogP contribution >= 0.6 is 15.9 Å². The molecule has 11 heavy (non-hydrogen) atoms. The molecule has 1 fully saturated rings. The molecule has 0 bridgehead atoms. The molecule has 1 aliphatic rings. The monoisotopic (exact) mass is 218 g/mol. The van der Waals surface area contributed by atoms with Crippen molar-refractivity contribution in [1.82, 2.24) is 0 Å². The standard InChI is InChI=1S/C8H11BrO2/c1-5(9)3-7-4-6(2)11-8(7)10/h3,5-6H,4H2,1-2H3/b7-3+. The molecule has 0 aromatic carbocycles. The molecule has 1 saturated heterocycles. The summed E-state index contributed by atoms with van der Waals surface area (Å²) in [6.45, 7) is 3.88. The van der Waals surface area contributed by atoms with Crippen LogP contribution in [-0.4, -0.2) is 16.9 Å². The zero-order valence-electron chi connectivity index (χ0n) is 6.63. The van der Waals surface area contributed by atoms with Gasteiger partial charge in [0.25, 0.3) is 0 Å². The van der Waals surface area contributed by atoms with Crippen molar-refractivity contribution < 1.29 is 9.53 Å². The Bertz CT molecular complexity index is 196. The van der Waals surface area contributed by atoms with E-state index in [9.17, 15) is 4.79 Å². The Labute approximate surface area is 74.7 Å². The van der Waals surface area contributed by atoms with Gasteiger partial charge >= 0.3 is 5.97 Å². The zero-order chi connectivity index (χ0) is 8.43. The van der Waals surface area contributed by atoms with Gasteiger partial charge in [-0.1, -0.05) is 22.0 Å². The third-order valence-corrected chi connectivity index (χ3v) is 1.77. The van der Waals surface area contributed by atoms with Crippen LogP contribution in [0.2, 0.25) is 0 Å². The predicted molar refractivity (Wildman–Crippen MR) is 46.6 cm³/mol. The van der Waals surface area contributed by atoms with Crippen molar-refractivity contribution in [2.24, 2.45) is 0 Å². The van der Waals surface area contributed by atoms with Gasteiger partial charge in [0, 0.05) is 16.8 Å². The van der Waals surface area contributed by atoms with E-state index in [2.05, 4.69) is 15.9 Å². The quantitative estimate of drug-likeness (QED) is 0.383. The van der Waals surface area contributed by atoms with Gasteiger partial charge in [0.1, 0.15) is 6.10 Å². The second-order valence-electron chi connectivity index (χ2n) is 2.79. The van der Waals surface area contributed by atoms with E-state index >= 15 is 0 Å². The minimum absolute atomic E-state index is 0.0556. The number of cyclic esters (lactones) is 1. The largest absolute Gasteiger partial charge is 0.459 e. The smallest absolute Gasteiger partial charge is 0.334 e. The highest BCUT2D eigenvalue weighted by Gasteiger charge is 2.25. The summed E-state index contributed by atoms with van der Waals surface area (Å²) >= 11 is 3.35. The number of esters is 1. The Kier molecular flexibility index (Phi) is 2.71. The van der Waals surface area contributed by atoms with E-state index in [0.29, 0.717) is 0 Å². The number of hydrogen-bond acceptors (Lipinski definition) is 2. The first-order chi connectivity index (χ1) is 5.09. The first kappa shape index (κ1) is 8.78. The van der Waals surface area contributed by atoms with Gasteiger partial charge in [-0.15, -0.1) is 0 Å². The average Bonchev–Trinajstić information content (AvgIpc) is 2.09. The normalized spacial score (nSPS) is 30.6. The number of carbonyl (C=O) groups is 1. The van der Waals surface area contributed by atoms with Crippen molar-refractivity contribution in [3.05, 3.63) is 11.6 Å². The molecule has 62 valence electrons. The summed E-state index contributed by atoms with van der Waals surface area (Å²) in [6.07, 6.45) is 2.70. The first-order valence-corrected chi connectivity index (χ1v) is 4.57. The molecule has 1 heterocycles. The summed E-state index contributed by atoms with van der Waals surface area (Å²) in [5.74, 6) is -0.163. The predicted octanol–water partition coefficient (Wildman–Crippen LogP) is 2.03. The molecule has 0 radical (unpaired) electrons. The molecule has 0 aromatic heterocycles. The molecule has 3 heteroatoms. The number of alkyl halides is 1. The Morgan fingerprint density at radius 3 is 2.82 bits per heavy atom. The maximum absolute atomic E-state index is 11.0. The van der Waals surface area contributed by atoms with Crippen LogP contribution in [0.1, 0.15) is 20.3 Å². The van der Waals surface area contributed by atoms with Crippen LogP contribution in [0.25, 0.3) is 0 Å². The van der Waals surface area contributed by atoms with Gasteiger partial charge in [-0.25, -0.2) is 4.79 Å². The van der Waals surface area contributed by atoms with Crippen LogP contribution in [0, 0.1) is 0 Å². The van der Waals surface area contributed by atoms with Crippen molar-refractivity contribution in [2.75, 3.05) is 0 Å². The van der Waals surface area contributed by atoms with Crippen LogP contribution in [-0.2, 0) is 9.53 Å². The summed E-state index contributed by atoms with van der Waals surface area (Å²) < 4.78 is 4.95. The summed E-state index contributed by atoms with van der Waals surface area (Å²) in [5.41, 5.74) is 0.793. The number of carbonyl (C=O) groups excluding carboxylic acids is 1. The van der Waals surface area contributed by atoms with Crippen LogP contribution in [0.5, 0.6) is 0 Å². The minimum Gasteiger partial charge on any atom is -0.459 e. The fourth-order valence-electron chi connectivity index (χ4n) is 1.11. The molecule has 0 aliphatic carbocycles. The van der Waals surface area contributed by atoms with E-state index in [0.717, 1.165) is 12.0 Å². The third kappa shape index (κ3) is 2.33. The summed E-state index contributed by atoms with van der Waals surface area (Å²) in [6, 6.07) is 0. The fourth-order valence-corrected chi connectivity index (χ4v) is 1.43. The van der Waals surface area contributed by atoms with Gasteiger partial charge in [0.2, 0.25) is 0 Å². The molecule has 0 amide bonds. The lowest BCUT2D eigenvalue weighted by atomic mass is 10.1. The Morgan fingerprint density at radius 2 is 2.45 bits per heavy atom. The number of ether oxygens (including phenoxy) is 1. The van der Waals surface area contributed by atoms with Crippen molar-refractivity contribution in [3.63, 3.8) is 0 Å². The van der Waals surface area contributed by atoms with Gasteiger partial charge in [-0.05, 0) is 13.8 Å². The van der Waals surface area contributed by atoms with Gasteiger partial charge in [-0.3, -0.25) is 0 Å². The molecule has 1 aliphatic heterocycles. The van der Waals surface area contributed by atoms with Gasteiger partial charge < -0.3 is 4.74 Å².